The Morgan fingerprint density at radius 1 is 1.07 bits per heavy atom. The molecule has 1 amide bonds. The third kappa shape index (κ3) is 3.79. The lowest BCUT2D eigenvalue weighted by atomic mass is 10.2. The number of hydrogen-bond acceptors (Lipinski definition) is 6. The molecule has 8 heteroatoms. The van der Waals surface area contributed by atoms with Gasteiger partial charge < -0.3 is 24.8 Å². The van der Waals surface area contributed by atoms with Gasteiger partial charge in [0.15, 0.2) is 11.5 Å². The first-order chi connectivity index (χ1) is 13.6. The minimum atomic E-state index is -0.261. The van der Waals surface area contributed by atoms with E-state index in [1.165, 1.54) is 0 Å². The summed E-state index contributed by atoms with van der Waals surface area (Å²) in [6.45, 7) is 0.165. The second kappa shape index (κ2) is 7.66. The molecule has 0 fully saturated rings. The van der Waals surface area contributed by atoms with Gasteiger partial charge in [0.05, 0.1) is 24.0 Å². The Kier molecular flexibility index (Phi) is 4.90. The van der Waals surface area contributed by atoms with E-state index >= 15 is 0 Å². The summed E-state index contributed by atoms with van der Waals surface area (Å²) in [5.74, 6) is 2.14. The van der Waals surface area contributed by atoms with Crippen molar-refractivity contribution < 1.29 is 19.0 Å². The second-order valence-electron chi connectivity index (χ2n) is 5.93. The maximum Gasteiger partial charge on any atom is 0.255 e. The smallest absolute Gasteiger partial charge is 0.255 e. The van der Waals surface area contributed by atoms with E-state index in [0.717, 1.165) is 5.69 Å². The number of halogens is 1. The van der Waals surface area contributed by atoms with Crippen LogP contribution in [0.1, 0.15) is 10.4 Å². The number of methoxy groups -OCH3 is 1. The van der Waals surface area contributed by atoms with E-state index < -0.39 is 0 Å². The number of ether oxygens (including phenoxy) is 3. The predicted molar refractivity (Wildman–Crippen MR) is 106 cm³/mol. The van der Waals surface area contributed by atoms with Crippen molar-refractivity contribution in [3.63, 3.8) is 0 Å². The highest BCUT2D eigenvalue weighted by atomic mass is 35.5. The van der Waals surface area contributed by atoms with Crippen molar-refractivity contribution in [2.24, 2.45) is 0 Å². The fraction of sp³-hybridized carbons (Fsp3) is 0.100. The average Bonchev–Trinajstić information content (AvgIpc) is 3.17. The zero-order valence-corrected chi connectivity index (χ0v) is 15.6. The fourth-order valence-corrected chi connectivity index (χ4v) is 2.93. The molecular formula is C20H16ClN3O4. The summed E-state index contributed by atoms with van der Waals surface area (Å²) in [4.78, 5) is 16.7. The van der Waals surface area contributed by atoms with Crippen LogP contribution < -0.4 is 24.8 Å². The molecule has 1 aromatic heterocycles. The second-order valence-corrected chi connectivity index (χ2v) is 6.34. The standard InChI is InChI=1S/C20H16ClN3O4/c1-26-16-6-3-13(9-15(16)21)23-19-7-4-14(10-22-19)24-20(25)12-2-5-17-18(8-12)28-11-27-17/h2-10H,11H2,1H3,(H,22,23)(H,24,25). The molecule has 2 heterocycles. The highest BCUT2D eigenvalue weighted by Crippen LogP contribution is 2.33. The van der Waals surface area contributed by atoms with Crippen LogP contribution in [0.15, 0.2) is 54.7 Å². The number of benzene rings is 2. The number of nitrogens with one attached hydrogen (secondary N) is 2. The van der Waals surface area contributed by atoms with Crippen molar-refractivity contribution >= 4 is 34.7 Å². The van der Waals surface area contributed by atoms with Crippen molar-refractivity contribution in [2.75, 3.05) is 24.5 Å². The Morgan fingerprint density at radius 3 is 2.64 bits per heavy atom. The van der Waals surface area contributed by atoms with Gasteiger partial charge in [-0.15, -0.1) is 0 Å². The first kappa shape index (κ1) is 17.9. The molecule has 2 N–H and O–H groups in total. The number of pyridine rings is 1. The third-order valence-electron chi connectivity index (χ3n) is 4.08. The molecule has 142 valence electrons. The summed E-state index contributed by atoms with van der Waals surface area (Å²) in [5, 5.41) is 6.44. The Balaban J connectivity index is 1.42. The molecule has 0 saturated heterocycles. The number of rotatable bonds is 5. The third-order valence-corrected chi connectivity index (χ3v) is 4.38. The van der Waals surface area contributed by atoms with Gasteiger partial charge in [0.25, 0.3) is 5.91 Å². The highest BCUT2D eigenvalue weighted by molar-refractivity contribution is 6.32. The number of carbonyl (C=O) groups excluding carboxylic acids is 1. The van der Waals surface area contributed by atoms with Crippen LogP contribution in [-0.2, 0) is 0 Å². The largest absolute Gasteiger partial charge is 0.495 e. The minimum Gasteiger partial charge on any atom is -0.495 e. The number of anilines is 3. The monoisotopic (exact) mass is 397 g/mol. The number of amides is 1. The van der Waals surface area contributed by atoms with Gasteiger partial charge >= 0.3 is 0 Å². The van der Waals surface area contributed by atoms with Crippen molar-refractivity contribution in [1.82, 2.24) is 4.98 Å². The van der Waals surface area contributed by atoms with E-state index in [9.17, 15) is 4.79 Å². The van der Waals surface area contributed by atoms with Gasteiger partial charge in [-0.2, -0.15) is 0 Å². The SMILES string of the molecule is COc1ccc(Nc2ccc(NC(=O)c3ccc4c(c3)OCO4)cn2)cc1Cl. The minimum absolute atomic E-state index is 0.165. The van der Waals surface area contributed by atoms with Crippen LogP contribution in [0.4, 0.5) is 17.2 Å². The van der Waals surface area contributed by atoms with E-state index in [-0.39, 0.29) is 12.7 Å². The fourth-order valence-electron chi connectivity index (χ4n) is 2.67. The van der Waals surface area contributed by atoms with Crippen LogP contribution in [-0.4, -0.2) is 24.8 Å². The summed E-state index contributed by atoms with van der Waals surface area (Å²) < 4.78 is 15.7. The Bertz CT molecular complexity index is 1020. The molecule has 0 spiro atoms. The van der Waals surface area contributed by atoms with Crippen LogP contribution in [0.5, 0.6) is 17.2 Å². The molecule has 0 aliphatic carbocycles. The zero-order chi connectivity index (χ0) is 19.5. The van der Waals surface area contributed by atoms with Crippen LogP contribution in [0.25, 0.3) is 0 Å². The van der Waals surface area contributed by atoms with Crippen LogP contribution in [0.3, 0.4) is 0 Å². The molecule has 0 atom stereocenters. The lowest BCUT2D eigenvalue weighted by Crippen LogP contribution is -2.12. The van der Waals surface area contributed by atoms with Gasteiger partial charge in [0.1, 0.15) is 11.6 Å². The Morgan fingerprint density at radius 2 is 1.89 bits per heavy atom. The summed E-state index contributed by atoms with van der Waals surface area (Å²) in [6.07, 6.45) is 1.57. The van der Waals surface area contributed by atoms with Crippen LogP contribution in [0.2, 0.25) is 5.02 Å². The maximum absolute atomic E-state index is 12.4. The zero-order valence-electron chi connectivity index (χ0n) is 14.9. The molecule has 1 aliphatic heterocycles. The summed E-state index contributed by atoms with van der Waals surface area (Å²) in [7, 11) is 1.56. The first-order valence-electron chi connectivity index (χ1n) is 8.40. The average molecular weight is 398 g/mol. The topological polar surface area (TPSA) is 81.7 Å². The van der Waals surface area contributed by atoms with Crippen molar-refractivity contribution in [2.45, 2.75) is 0 Å². The van der Waals surface area contributed by atoms with E-state index in [1.807, 2.05) is 6.07 Å². The molecule has 28 heavy (non-hydrogen) atoms. The molecule has 0 saturated carbocycles. The highest BCUT2D eigenvalue weighted by Gasteiger charge is 2.16. The van der Waals surface area contributed by atoms with Gasteiger partial charge in [-0.3, -0.25) is 4.79 Å². The Hall–Kier alpha value is -3.45. The number of carbonyl (C=O) groups is 1. The molecule has 0 unspecified atom stereocenters. The van der Waals surface area contributed by atoms with Crippen LogP contribution >= 0.6 is 11.6 Å². The maximum atomic E-state index is 12.4. The number of nitrogens with zero attached hydrogens (tertiary/aromatic N) is 1. The van der Waals surface area contributed by atoms with E-state index in [1.54, 1.807) is 55.8 Å². The molecule has 0 radical (unpaired) electrons. The summed E-state index contributed by atoms with van der Waals surface area (Å²) in [5.41, 5.74) is 1.82. The Labute approximate surface area is 166 Å². The molecule has 4 rings (SSSR count). The van der Waals surface area contributed by atoms with Gasteiger partial charge in [-0.25, -0.2) is 4.98 Å². The molecular weight excluding hydrogens is 382 g/mol. The molecule has 3 aromatic rings. The van der Waals surface area contributed by atoms with Gasteiger partial charge in [-0.1, -0.05) is 11.6 Å². The summed E-state index contributed by atoms with van der Waals surface area (Å²) in [6, 6.07) is 13.9. The van der Waals surface area contributed by atoms with Gasteiger partial charge in [0, 0.05) is 11.3 Å². The van der Waals surface area contributed by atoms with Crippen molar-refractivity contribution in [3.8, 4) is 17.2 Å². The first-order valence-corrected chi connectivity index (χ1v) is 8.78. The van der Waals surface area contributed by atoms with E-state index in [4.69, 9.17) is 25.8 Å². The predicted octanol–water partition coefficient (Wildman–Crippen LogP) is 4.47. The van der Waals surface area contributed by atoms with Crippen LogP contribution in [0, 0.1) is 0 Å². The van der Waals surface area contributed by atoms with E-state index in [0.29, 0.717) is 39.3 Å². The van der Waals surface area contributed by atoms with Crippen molar-refractivity contribution in [3.05, 3.63) is 65.3 Å². The quantitative estimate of drug-likeness (QED) is 0.661. The lowest BCUT2D eigenvalue weighted by molar-refractivity contribution is 0.102. The van der Waals surface area contributed by atoms with Gasteiger partial charge in [0.2, 0.25) is 6.79 Å². The normalized spacial score (nSPS) is 11.8. The number of fused-ring (bicyclic) bond motifs is 1. The number of aromatic nitrogens is 1. The number of hydrogen-bond donors (Lipinski definition) is 2. The molecule has 1 aliphatic rings. The molecule has 2 aromatic carbocycles. The van der Waals surface area contributed by atoms with Crippen molar-refractivity contribution in [1.29, 1.82) is 0 Å². The molecule has 7 nitrogen and oxygen atoms in total. The lowest BCUT2D eigenvalue weighted by Gasteiger charge is -2.10. The summed E-state index contributed by atoms with van der Waals surface area (Å²) >= 11 is 6.12. The van der Waals surface area contributed by atoms with Gasteiger partial charge in [-0.05, 0) is 48.5 Å². The molecule has 0 bridgehead atoms. The van der Waals surface area contributed by atoms with E-state index in [2.05, 4.69) is 15.6 Å².